The number of carbonyl (C=O) groups excluding carboxylic acids is 1. The first-order valence-corrected chi connectivity index (χ1v) is 7.95. The van der Waals surface area contributed by atoms with Crippen LogP contribution in [0.25, 0.3) is 0 Å². The summed E-state index contributed by atoms with van der Waals surface area (Å²) in [6.07, 6.45) is 2.64. The molecule has 0 unspecified atom stereocenters. The highest BCUT2D eigenvalue weighted by atomic mass is 16.1. The van der Waals surface area contributed by atoms with E-state index in [-0.39, 0.29) is 5.91 Å². The van der Waals surface area contributed by atoms with E-state index in [1.807, 2.05) is 43.3 Å². The van der Waals surface area contributed by atoms with Gasteiger partial charge in [0, 0.05) is 17.1 Å². The SMILES string of the molecule is C=CC(=O)Nc1cccc(Nc2ncnc(Nc3cccc(C)c3)n2)c1. The first-order chi connectivity index (χ1) is 12.6. The third-order valence-corrected chi connectivity index (χ3v) is 3.42. The number of aryl methyl sites for hydroxylation is 1. The zero-order chi connectivity index (χ0) is 18.4. The average molecular weight is 346 g/mol. The predicted molar refractivity (Wildman–Crippen MR) is 103 cm³/mol. The van der Waals surface area contributed by atoms with Crippen molar-refractivity contribution >= 4 is 34.9 Å². The van der Waals surface area contributed by atoms with Crippen molar-refractivity contribution in [3.8, 4) is 0 Å². The Labute approximate surface area is 151 Å². The van der Waals surface area contributed by atoms with Crippen LogP contribution in [0.5, 0.6) is 0 Å². The third kappa shape index (κ3) is 4.64. The maximum Gasteiger partial charge on any atom is 0.247 e. The quantitative estimate of drug-likeness (QED) is 0.588. The zero-order valence-corrected chi connectivity index (χ0v) is 14.2. The number of nitrogens with one attached hydrogen (secondary N) is 3. The minimum atomic E-state index is -0.271. The van der Waals surface area contributed by atoms with Gasteiger partial charge in [-0.2, -0.15) is 4.98 Å². The van der Waals surface area contributed by atoms with Crippen molar-refractivity contribution in [2.45, 2.75) is 6.92 Å². The van der Waals surface area contributed by atoms with Gasteiger partial charge in [-0.25, -0.2) is 9.97 Å². The molecule has 0 radical (unpaired) electrons. The molecule has 0 aliphatic heterocycles. The van der Waals surface area contributed by atoms with Crippen LogP contribution in [0.1, 0.15) is 5.56 Å². The highest BCUT2D eigenvalue weighted by Gasteiger charge is 2.04. The summed E-state index contributed by atoms with van der Waals surface area (Å²) in [5.41, 5.74) is 3.42. The summed E-state index contributed by atoms with van der Waals surface area (Å²) in [7, 11) is 0. The van der Waals surface area contributed by atoms with Crippen molar-refractivity contribution in [1.29, 1.82) is 0 Å². The minimum Gasteiger partial charge on any atom is -0.324 e. The van der Waals surface area contributed by atoms with Gasteiger partial charge in [0.15, 0.2) is 0 Å². The number of aromatic nitrogens is 3. The van der Waals surface area contributed by atoms with Crippen LogP contribution >= 0.6 is 0 Å². The van der Waals surface area contributed by atoms with Gasteiger partial charge in [0.25, 0.3) is 0 Å². The number of carbonyl (C=O) groups is 1. The lowest BCUT2D eigenvalue weighted by Gasteiger charge is -2.09. The van der Waals surface area contributed by atoms with E-state index in [0.29, 0.717) is 17.6 Å². The average Bonchev–Trinajstić information content (AvgIpc) is 2.62. The molecule has 26 heavy (non-hydrogen) atoms. The number of hydrogen-bond acceptors (Lipinski definition) is 6. The molecule has 0 aliphatic carbocycles. The van der Waals surface area contributed by atoms with Gasteiger partial charge >= 0.3 is 0 Å². The Kier molecular flexibility index (Phi) is 5.19. The van der Waals surface area contributed by atoms with Crippen molar-refractivity contribution in [3.63, 3.8) is 0 Å². The Morgan fingerprint density at radius 1 is 0.962 bits per heavy atom. The number of benzene rings is 2. The summed E-state index contributed by atoms with van der Waals surface area (Å²) < 4.78 is 0. The van der Waals surface area contributed by atoms with Gasteiger partial charge in [-0.3, -0.25) is 4.79 Å². The summed E-state index contributed by atoms with van der Waals surface area (Å²) in [5, 5.41) is 8.94. The van der Waals surface area contributed by atoms with Crippen molar-refractivity contribution in [2.75, 3.05) is 16.0 Å². The first-order valence-electron chi connectivity index (χ1n) is 7.95. The van der Waals surface area contributed by atoms with Crippen LogP contribution in [-0.4, -0.2) is 20.9 Å². The normalized spacial score (nSPS) is 10.0. The van der Waals surface area contributed by atoms with E-state index >= 15 is 0 Å². The number of amides is 1. The van der Waals surface area contributed by atoms with E-state index in [4.69, 9.17) is 0 Å². The number of nitrogens with zero attached hydrogens (tertiary/aromatic N) is 3. The monoisotopic (exact) mass is 346 g/mol. The predicted octanol–water partition coefficient (Wildman–Crippen LogP) is 3.79. The van der Waals surface area contributed by atoms with Crippen LogP contribution in [-0.2, 0) is 4.79 Å². The van der Waals surface area contributed by atoms with Crippen LogP contribution < -0.4 is 16.0 Å². The van der Waals surface area contributed by atoms with Gasteiger partial charge in [-0.1, -0.05) is 24.8 Å². The Hall–Kier alpha value is -3.74. The number of hydrogen-bond donors (Lipinski definition) is 3. The lowest BCUT2D eigenvalue weighted by atomic mass is 10.2. The van der Waals surface area contributed by atoms with E-state index in [2.05, 4.69) is 37.5 Å². The maximum atomic E-state index is 11.4. The molecule has 0 atom stereocenters. The van der Waals surface area contributed by atoms with Crippen molar-refractivity contribution in [2.24, 2.45) is 0 Å². The van der Waals surface area contributed by atoms with Crippen molar-refractivity contribution in [3.05, 3.63) is 73.1 Å². The Morgan fingerprint density at radius 2 is 1.58 bits per heavy atom. The maximum absolute atomic E-state index is 11.4. The fourth-order valence-electron chi connectivity index (χ4n) is 2.27. The molecule has 0 bridgehead atoms. The smallest absolute Gasteiger partial charge is 0.247 e. The fraction of sp³-hybridized carbons (Fsp3) is 0.0526. The van der Waals surface area contributed by atoms with Crippen molar-refractivity contribution in [1.82, 2.24) is 15.0 Å². The molecule has 0 fully saturated rings. The minimum absolute atomic E-state index is 0.271. The molecule has 1 amide bonds. The summed E-state index contributed by atoms with van der Waals surface area (Å²) >= 11 is 0. The largest absolute Gasteiger partial charge is 0.324 e. The molecular weight excluding hydrogens is 328 g/mol. The molecule has 7 nitrogen and oxygen atoms in total. The van der Waals surface area contributed by atoms with Crippen LogP contribution in [0, 0.1) is 6.92 Å². The third-order valence-electron chi connectivity index (χ3n) is 3.42. The van der Waals surface area contributed by atoms with Crippen LogP contribution in [0.3, 0.4) is 0 Å². The van der Waals surface area contributed by atoms with Gasteiger partial charge in [0.1, 0.15) is 6.33 Å². The van der Waals surface area contributed by atoms with Gasteiger partial charge in [0.05, 0.1) is 0 Å². The van der Waals surface area contributed by atoms with E-state index in [0.717, 1.165) is 16.9 Å². The lowest BCUT2D eigenvalue weighted by Crippen LogP contribution is -2.07. The lowest BCUT2D eigenvalue weighted by molar-refractivity contribution is -0.111. The van der Waals surface area contributed by atoms with Crippen LogP contribution in [0.2, 0.25) is 0 Å². The van der Waals surface area contributed by atoms with E-state index in [9.17, 15) is 4.79 Å². The Bertz CT molecular complexity index is 941. The Morgan fingerprint density at radius 3 is 2.23 bits per heavy atom. The second-order valence-electron chi connectivity index (χ2n) is 5.53. The molecule has 1 heterocycles. The van der Waals surface area contributed by atoms with Crippen LogP contribution in [0.15, 0.2) is 67.5 Å². The van der Waals surface area contributed by atoms with E-state index in [1.165, 1.54) is 12.4 Å². The molecule has 1 aromatic heterocycles. The second-order valence-corrected chi connectivity index (χ2v) is 5.53. The van der Waals surface area contributed by atoms with Gasteiger partial charge in [-0.15, -0.1) is 0 Å². The summed E-state index contributed by atoms with van der Waals surface area (Å²) in [6, 6.07) is 15.1. The number of rotatable bonds is 6. The molecule has 2 aromatic carbocycles. The molecule has 0 saturated heterocycles. The highest BCUT2D eigenvalue weighted by Crippen LogP contribution is 2.19. The molecule has 0 spiro atoms. The molecule has 130 valence electrons. The topological polar surface area (TPSA) is 91.8 Å². The second kappa shape index (κ2) is 7.89. The summed E-state index contributed by atoms with van der Waals surface area (Å²) in [4.78, 5) is 24.0. The van der Waals surface area contributed by atoms with Crippen LogP contribution in [0.4, 0.5) is 29.0 Å². The summed E-state index contributed by atoms with van der Waals surface area (Å²) in [5.74, 6) is 0.554. The van der Waals surface area contributed by atoms with Gasteiger partial charge in [0.2, 0.25) is 17.8 Å². The highest BCUT2D eigenvalue weighted by molar-refractivity contribution is 5.99. The molecule has 0 saturated carbocycles. The molecule has 3 rings (SSSR count). The standard InChI is InChI=1S/C19H18N6O/c1-3-17(26)22-15-8-5-9-16(11-15)24-19-21-12-20-18(25-19)23-14-7-4-6-13(2)10-14/h3-12H,1H2,2H3,(H,22,26)(H2,20,21,23,24,25). The molecule has 0 aliphatic rings. The molecule has 3 N–H and O–H groups in total. The Balaban J connectivity index is 1.73. The summed E-state index contributed by atoms with van der Waals surface area (Å²) in [6.45, 7) is 5.45. The fourth-order valence-corrected chi connectivity index (χ4v) is 2.27. The molecular formula is C19H18N6O. The molecule has 3 aromatic rings. The van der Waals surface area contributed by atoms with Crippen molar-refractivity contribution < 1.29 is 4.79 Å². The first kappa shape index (κ1) is 17.1. The van der Waals surface area contributed by atoms with Gasteiger partial charge in [-0.05, 0) is 48.9 Å². The molecule has 7 heteroatoms. The number of anilines is 5. The van der Waals surface area contributed by atoms with E-state index < -0.39 is 0 Å². The van der Waals surface area contributed by atoms with E-state index in [1.54, 1.807) is 12.1 Å². The zero-order valence-electron chi connectivity index (χ0n) is 14.2. The van der Waals surface area contributed by atoms with Gasteiger partial charge < -0.3 is 16.0 Å².